The van der Waals surface area contributed by atoms with Crippen LogP contribution in [0.5, 0.6) is 0 Å². The Labute approximate surface area is 132 Å². The van der Waals surface area contributed by atoms with Crippen LogP contribution in [0.1, 0.15) is 23.3 Å². The van der Waals surface area contributed by atoms with Crippen LogP contribution in [-0.4, -0.2) is 49.8 Å². The maximum Gasteiger partial charge on any atom is 0.274 e. The number of benzene rings is 1. The van der Waals surface area contributed by atoms with Crippen molar-refractivity contribution in [1.82, 2.24) is 14.7 Å². The van der Waals surface area contributed by atoms with Gasteiger partial charge in [-0.15, -0.1) is 0 Å². The molecule has 2 aromatic rings. The first kappa shape index (κ1) is 15.2. The number of rotatable bonds is 6. The van der Waals surface area contributed by atoms with Gasteiger partial charge in [-0.1, -0.05) is 6.07 Å². The molecule has 8 nitrogen and oxygen atoms in total. The zero-order valence-corrected chi connectivity index (χ0v) is 12.3. The lowest BCUT2D eigenvalue weighted by Gasteiger charge is -2.19. The molecular formula is C15H16N4O4. The van der Waals surface area contributed by atoms with Gasteiger partial charge in [0.1, 0.15) is 0 Å². The van der Waals surface area contributed by atoms with Crippen LogP contribution in [0, 0.1) is 10.1 Å². The number of carbonyl (C=O) groups is 1. The smallest absolute Gasteiger partial charge is 0.274 e. The molecule has 1 aromatic heterocycles. The fraction of sp³-hybridized carbons (Fsp3) is 0.333. The van der Waals surface area contributed by atoms with E-state index in [-0.39, 0.29) is 36.5 Å². The summed E-state index contributed by atoms with van der Waals surface area (Å²) < 4.78 is 1.43. The maximum atomic E-state index is 12.5. The first-order valence-electron chi connectivity index (χ1n) is 7.32. The van der Waals surface area contributed by atoms with E-state index in [1.807, 2.05) is 0 Å². The van der Waals surface area contributed by atoms with Gasteiger partial charge in [-0.25, -0.2) is 4.68 Å². The highest BCUT2D eigenvalue weighted by Gasteiger charge is 2.33. The van der Waals surface area contributed by atoms with Gasteiger partial charge in [0, 0.05) is 30.9 Å². The van der Waals surface area contributed by atoms with Gasteiger partial charge in [0.05, 0.1) is 17.2 Å². The summed E-state index contributed by atoms with van der Waals surface area (Å²) in [5, 5.41) is 24.1. The number of non-ortho nitro benzene ring substituents is 1. The van der Waals surface area contributed by atoms with Crippen LogP contribution in [0.15, 0.2) is 36.5 Å². The average Bonchev–Trinajstić information content (AvgIpc) is 3.27. The van der Waals surface area contributed by atoms with E-state index in [1.54, 1.807) is 29.3 Å². The SMILES string of the molecule is O=C(c1ccn(-c2cccc([N+](=O)[O-])c2)n1)N(CCO)C1CC1. The lowest BCUT2D eigenvalue weighted by atomic mass is 10.3. The highest BCUT2D eigenvalue weighted by Crippen LogP contribution is 2.27. The number of nitrogens with zero attached hydrogens (tertiary/aromatic N) is 4. The molecule has 0 aliphatic heterocycles. The standard InChI is InChI=1S/C15H16N4O4/c20-9-8-17(11-4-5-11)15(21)14-6-7-18(16-14)12-2-1-3-13(10-12)19(22)23/h1-3,6-7,10-11,20H,4-5,8-9H2. The largest absolute Gasteiger partial charge is 0.395 e. The number of nitro benzene ring substituents is 1. The van der Waals surface area contributed by atoms with Gasteiger partial charge in [-0.3, -0.25) is 14.9 Å². The molecule has 1 heterocycles. The van der Waals surface area contributed by atoms with Crippen molar-refractivity contribution in [2.75, 3.05) is 13.2 Å². The van der Waals surface area contributed by atoms with Crippen molar-refractivity contribution in [2.45, 2.75) is 18.9 Å². The van der Waals surface area contributed by atoms with Crippen LogP contribution in [0.3, 0.4) is 0 Å². The number of aliphatic hydroxyl groups excluding tert-OH is 1. The second-order valence-electron chi connectivity index (χ2n) is 5.38. The normalized spacial score (nSPS) is 13.8. The zero-order chi connectivity index (χ0) is 16.4. The molecule has 0 atom stereocenters. The minimum atomic E-state index is -0.477. The lowest BCUT2D eigenvalue weighted by molar-refractivity contribution is -0.384. The van der Waals surface area contributed by atoms with Crippen LogP contribution >= 0.6 is 0 Å². The number of hydrogen-bond acceptors (Lipinski definition) is 5. The third-order valence-corrected chi connectivity index (χ3v) is 3.70. The predicted octanol–water partition coefficient (Wildman–Crippen LogP) is 1.38. The van der Waals surface area contributed by atoms with Crippen molar-refractivity contribution in [1.29, 1.82) is 0 Å². The molecule has 0 unspecified atom stereocenters. The Morgan fingerprint density at radius 3 is 2.87 bits per heavy atom. The fourth-order valence-electron chi connectivity index (χ4n) is 2.42. The Morgan fingerprint density at radius 2 is 2.22 bits per heavy atom. The van der Waals surface area contributed by atoms with Crippen LogP contribution in [0.25, 0.3) is 5.69 Å². The van der Waals surface area contributed by atoms with Gasteiger partial charge in [-0.2, -0.15) is 5.10 Å². The summed E-state index contributed by atoms with van der Waals surface area (Å²) in [7, 11) is 0. The molecule has 1 saturated carbocycles. The maximum absolute atomic E-state index is 12.5. The molecule has 1 aromatic carbocycles. The van der Waals surface area contributed by atoms with E-state index in [0.717, 1.165) is 12.8 Å². The number of aromatic nitrogens is 2. The van der Waals surface area contributed by atoms with Crippen molar-refractivity contribution in [3.05, 3.63) is 52.3 Å². The molecule has 8 heteroatoms. The molecule has 120 valence electrons. The monoisotopic (exact) mass is 316 g/mol. The summed E-state index contributed by atoms with van der Waals surface area (Å²) in [5.74, 6) is -0.231. The molecule has 1 aliphatic carbocycles. The predicted molar refractivity (Wildman–Crippen MR) is 81.4 cm³/mol. The fourth-order valence-corrected chi connectivity index (χ4v) is 2.42. The molecule has 1 amide bonds. The molecule has 3 rings (SSSR count). The topological polar surface area (TPSA) is 102 Å². The molecule has 0 bridgehead atoms. The van der Waals surface area contributed by atoms with E-state index in [0.29, 0.717) is 5.69 Å². The van der Waals surface area contributed by atoms with Gasteiger partial charge < -0.3 is 10.0 Å². The molecule has 23 heavy (non-hydrogen) atoms. The molecule has 0 saturated heterocycles. The van der Waals surface area contributed by atoms with E-state index in [2.05, 4.69) is 5.10 Å². The quantitative estimate of drug-likeness (QED) is 0.641. The number of carbonyl (C=O) groups excluding carboxylic acids is 1. The van der Waals surface area contributed by atoms with Gasteiger partial charge in [0.2, 0.25) is 0 Å². The van der Waals surface area contributed by atoms with Crippen molar-refractivity contribution >= 4 is 11.6 Å². The molecule has 0 spiro atoms. The van der Waals surface area contributed by atoms with Crippen molar-refractivity contribution in [3.63, 3.8) is 0 Å². The number of nitro groups is 1. The molecule has 1 aliphatic rings. The van der Waals surface area contributed by atoms with E-state index >= 15 is 0 Å². The van der Waals surface area contributed by atoms with E-state index in [4.69, 9.17) is 5.11 Å². The van der Waals surface area contributed by atoms with E-state index < -0.39 is 4.92 Å². The molecule has 0 radical (unpaired) electrons. The zero-order valence-electron chi connectivity index (χ0n) is 12.3. The summed E-state index contributed by atoms with van der Waals surface area (Å²) in [6.07, 6.45) is 3.48. The van der Waals surface area contributed by atoms with Gasteiger partial charge >= 0.3 is 0 Å². The van der Waals surface area contributed by atoms with Gasteiger partial charge in [0.15, 0.2) is 5.69 Å². The molecule has 1 fully saturated rings. The Kier molecular flexibility index (Phi) is 4.07. The van der Waals surface area contributed by atoms with Crippen molar-refractivity contribution in [2.24, 2.45) is 0 Å². The van der Waals surface area contributed by atoms with Crippen LogP contribution < -0.4 is 0 Å². The van der Waals surface area contributed by atoms with E-state index in [9.17, 15) is 14.9 Å². The Hall–Kier alpha value is -2.74. The minimum Gasteiger partial charge on any atom is -0.395 e. The van der Waals surface area contributed by atoms with Crippen LogP contribution in [0.4, 0.5) is 5.69 Å². The number of hydrogen-bond donors (Lipinski definition) is 1. The highest BCUT2D eigenvalue weighted by molar-refractivity contribution is 5.92. The van der Waals surface area contributed by atoms with E-state index in [1.165, 1.54) is 16.8 Å². The molecule has 1 N–H and O–H groups in total. The van der Waals surface area contributed by atoms with Crippen molar-refractivity contribution < 1.29 is 14.8 Å². The third kappa shape index (κ3) is 3.21. The molecular weight excluding hydrogens is 300 g/mol. The van der Waals surface area contributed by atoms with Crippen LogP contribution in [0.2, 0.25) is 0 Å². The Balaban J connectivity index is 1.83. The second kappa shape index (κ2) is 6.17. The Morgan fingerprint density at radius 1 is 1.43 bits per heavy atom. The summed E-state index contributed by atoms with van der Waals surface area (Å²) in [6, 6.07) is 7.80. The summed E-state index contributed by atoms with van der Waals surface area (Å²) >= 11 is 0. The van der Waals surface area contributed by atoms with Crippen molar-refractivity contribution in [3.8, 4) is 5.69 Å². The minimum absolute atomic E-state index is 0.0363. The first-order chi connectivity index (χ1) is 11.1. The number of amides is 1. The number of aliphatic hydroxyl groups is 1. The summed E-state index contributed by atoms with van der Waals surface area (Å²) in [5.41, 5.74) is 0.737. The third-order valence-electron chi connectivity index (χ3n) is 3.70. The van der Waals surface area contributed by atoms with Gasteiger partial charge in [-0.05, 0) is 25.0 Å². The van der Waals surface area contributed by atoms with Gasteiger partial charge in [0.25, 0.3) is 11.6 Å². The van der Waals surface area contributed by atoms with Crippen LogP contribution in [-0.2, 0) is 0 Å². The summed E-state index contributed by atoms with van der Waals surface area (Å²) in [6.45, 7) is 0.195. The summed E-state index contributed by atoms with van der Waals surface area (Å²) in [4.78, 5) is 24.4. The highest BCUT2D eigenvalue weighted by atomic mass is 16.6. The first-order valence-corrected chi connectivity index (χ1v) is 7.32. The Bertz CT molecular complexity index is 739. The second-order valence-corrected chi connectivity index (χ2v) is 5.38. The average molecular weight is 316 g/mol. The lowest BCUT2D eigenvalue weighted by Crippen LogP contribution is -2.35.